The highest BCUT2D eigenvalue weighted by Crippen LogP contribution is 2.06. The quantitative estimate of drug-likeness (QED) is 0.591. The number of nitrogens with one attached hydrogen (secondary N) is 1. The third kappa shape index (κ3) is 2.38. The van der Waals surface area contributed by atoms with Crippen LogP contribution < -0.4 is 5.32 Å². The van der Waals surface area contributed by atoms with Crippen molar-refractivity contribution in [1.29, 1.82) is 0 Å². The standard InChI is InChI=1S/C7H14N2O2/c1-11-6-8-7(10)9-4-2-3-5-9/h2-6H2,1H3,(H,8,10). The van der Waals surface area contributed by atoms with Gasteiger partial charge in [0, 0.05) is 20.2 Å². The summed E-state index contributed by atoms with van der Waals surface area (Å²) in [6, 6.07) is -0.00986. The van der Waals surface area contributed by atoms with Crippen molar-refractivity contribution in [3.8, 4) is 0 Å². The van der Waals surface area contributed by atoms with E-state index in [9.17, 15) is 4.79 Å². The van der Waals surface area contributed by atoms with Gasteiger partial charge in [-0.05, 0) is 12.8 Å². The number of ether oxygens (including phenoxy) is 1. The van der Waals surface area contributed by atoms with Crippen molar-refractivity contribution < 1.29 is 9.53 Å². The number of amides is 2. The summed E-state index contributed by atoms with van der Waals surface area (Å²) in [7, 11) is 1.56. The topological polar surface area (TPSA) is 41.6 Å². The van der Waals surface area contributed by atoms with E-state index >= 15 is 0 Å². The van der Waals surface area contributed by atoms with E-state index in [0.29, 0.717) is 6.73 Å². The van der Waals surface area contributed by atoms with Gasteiger partial charge in [0.15, 0.2) is 0 Å². The molecule has 0 aromatic heterocycles. The Labute approximate surface area is 66.5 Å². The molecular weight excluding hydrogens is 144 g/mol. The average molecular weight is 158 g/mol. The molecule has 1 N–H and O–H groups in total. The van der Waals surface area contributed by atoms with Gasteiger partial charge >= 0.3 is 6.03 Å². The van der Waals surface area contributed by atoms with Crippen molar-refractivity contribution in [3.63, 3.8) is 0 Å². The van der Waals surface area contributed by atoms with Crippen LogP contribution in [-0.4, -0.2) is 37.9 Å². The van der Waals surface area contributed by atoms with E-state index in [1.165, 1.54) is 0 Å². The highest BCUT2D eigenvalue weighted by molar-refractivity contribution is 5.74. The number of carbonyl (C=O) groups excluding carboxylic acids is 1. The summed E-state index contributed by atoms with van der Waals surface area (Å²) in [5, 5.41) is 2.64. The number of urea groups is 1. The first-order valence-electron chi connectivity index (χ1n) is 3.86. The molecule has 1 aliphatic rings. The fourth-order valence-electron chi connectivity index (χ4n) is 1.17. The molecule has 4 nitrogen and oxygen atoms in total. The van der Waals surface area contributed by atoms with Crippen LogP contribution >= 0.6 is 0 Å². The van der Waals surface area contributed by atoms with Crippen LogP contribution in [0.25, 0.3) is 0 Å². The first kappa shape index (κ1) is 8.33. The number of nitrogens with zero attached hydrogens (tertiary/aromatic N) is 1. The number of rotatable bonds is 2. The van der Waals surface area contributed by atoms with Gasteiger partial charge in [-0.2, -0.15) is 0 Å². The Bertz CT molecular complexity index is 132. The van der Waals surface area contributed by atoms with E-state index in [4.69, 9.17) is 4.74 Å². The minimum Gasteiger partial charge on any atom is -0.364 e. The second kappa shape index (κ2) is 4.18. The zero-order chi connectivity index (χ0) is 8.10. The summed E-state index contributed by atoms with van der Waals surface area (Å²) in [5.41, 5.74) is 0. The predicted octanol–water partition coefficient (Wildman–Crippen LogP) is 0.396. The summed E-state index contributed by atoms with van der Waals surface area (Å²) in [5.74, 6) is 0. The third-order valence-electron chi connectivity index (χ3n) is 1.76. The fourth-order valence-corrected chi connectivity index (χ4v) is 1.17. The predicted molar refractivity (Wildman–Crippen MR) is 41.2 cm³/mol. The van der Waals surface area contributed by atoms with E-state index < -0.39 is 0 Å². The minimum absolute atomic E-state index is 0.00986. The Hall–Kier alpha value is -0.770. The minimum atomic E-state index is -0.00986. The number of hydrogen-bond acceptors (Lipinski definition) is 2. The lowest BCUT2D eigenvalue weighted by Crippen LogP contribution is -2.38. The monoisotopic (exact) mass is 158 g/mol. The number of hydrogen-bond donors (Lipinski definition) is 1. The van der Waals surface area contributed by atoms with E-state index in [0.717, 1.165) is 25.9 Å². The van der Waals surface area contributed by atoms with E-state index in [1.807, 2.05) is 0 Å². The smallest absolute Gasteiger partial charge is 0.319 e. The second-order valence-corrected chi connectivity index (χ2v) is 2.61. The maximum atomic E-state index is 11.1. The van der Waals surface area contributed by atoms with Crippen LogP contribution in [0.4, 0.5) is 4.79 Å². The summed E-state index contributed by atoms with van der Waals surface area (Å²) in [4.78, 5) is 12.9. The van der Waals surface area contributed by atoms with E-state index in [1.54, 1.807) is 12.0 Å². The third-order valence-corrected chi connectivity index (χ3v) is 1.76. The number of likely N-dealkylation sites (tertiary alicyclic amines) is 1. The average Bonchev–Trinajstić information content (AvgIpc) is 2.52. The highest BCUT2D eigenvalue weighted by Gasteiger charge is 2.16. The Morgan fingerprint density at radius 1 is 1.55 bits per heavy atom. The van der Waals surface area contributed by atoms with Crippen LogP contribution in [0.5, 0.6) is 0 Å². The van der Waals surface area contributed by atoms with Crippen LogP contribution in [0.2, 0.25) is 0 Å². The highest BCUT2D eigenvalue weighted by atomic mass is 16.5. The van der Waals surface area contributed by atoms with Gasteiger partial charge in [0.25, 0.3) is 0 Å². The Morgan fingerprint density at radius 3 is 2.73 bits per heavy atom. The summed E-state index contributed by atoms with van der Waals surface area (Å²) in [6.45, 7) is 2.07. The van der Waals surface area contributed by atoms with Gasteiger partial charge in [-0.25, -0.2) is 4.79 Å². The maximum absolute atomic E-state index is 11.1. The van der Waals surface area contributed by atoms with Crippen LogP contribution in [0, 0.1) is 0 Å². The largest absolute Gasteiger partial charge is 0.364 e. The van der Waals surface area contributed by atoms with Gasteiger partial charge in [-0.3, -0.25) is 0 Å². The molecule has 0 atom stereocenters. The van der Waals surface area contributed by atoms with Gasteiger partial charge in [0.1, 0.15) is 6.73 Å². The summed E-state index contributed by atoms with van der Waals surface area (Å²) in [6.07, 6.45) is 2.25. The van der Waals surface area contributed by atoms with Gasteiger partial charge in [0.2, 0.25) is 0 Å². The second-order valence-electron chi connectivity index (χ2n) is 2.61. The molecule has 0 radical (unpaired) electrons. The first-order valence-corrected chi connectivity index (χ1v) is 3.86. The van der Waals surface area contributed by atoms with E-state index in [2.05, 4.69) is 5.32 Å². The van der Waals surface area contributed by atoms with Crippen LogP contribution in [-0.2, 0) is 4.74 Å². The summed E-state index contributed by atoms with van der Waals surface area (Å²) < 4.78 is 4.71. The molecule has 11 heavy (non-hydrogen) atoms. The summed E-state index contributed by atoms with van der Waals surface area (Å²) >= 11 is 0. The molecule has 1 saturated heterocycles. The van der Waals surface area contributed by atoms with Crippen LogP contribution in [0.15, 0.2) is 0 Å². The number of carbonyl (C=O) groups is 1. The molecule has 1 fully saturated rings. The normalized spacial score (nSPS) is 17.0. The maximum Gasteiger partial charge on any atom is 0.319 e. The zero-order valence-corrected chi connectivity index (χ0v) is 6.80. The van der Waals surface area contributed by atoms with E-state index in [-0.39, 0.29) is 6.03 Å². The molecule has 1 heterocycles. The molecule has 64 valence electrons. The van der Waals surface area contributed by atoms with Crippen molar-refractivity contribution in [2.24, 2.45) is 0 Å². The molecule has 1 rings (SSSR count). The lowest BCUT2D eigenvalue weighted by Gasteiger charge is -2.15. The molecule has 0 spiro atoms. The van der Waals surface area contributed by atoms with Gasteiger partial charge in [-0.15, -0.1) is 0 Å². The van der Waals surface area contributed by atoms with Gasteiger partial charge in [0.05, 0.1) is 0 Å². The molecule has 0 aliphatic carbocycles. The Kier molecular flexibility index (Phi) is 3.16. The van der Waals surface area contributed by atoms with Crippen molar-refractivity contribution in [1.82, 2.24) is 10.2 Å². The van der Waals surface area contributed by atoms with Crippen molar-refractivity contribution in [3.05, 3.63) is 0 Å². The molecule has 0 aromatic carbocycles. The lowest BCUT2D eigenvalue weighted by atomic mass is 10.4. The van der Waals surface area contributed by atoms with Gasteiger partial charge < -0.3 is 15.0 Å². The van der Waals surface area contributed by atoms with Gasteiger partial charge in [-0.1, -0.05) is 0 Å². The van der Waals surface area contributed by atoms with Crippen LogP contribution in [0.1, 0.15) is 12.8 Å². The lowest BCUT2D eigenvalue weighted by molar-refractivity contribution is 0.158. The SMILES string of the molecule is COCNC(=O)N1CCCC1. The number of methoxy groups -OCH3 is 1. The molecule has 0 saturated carbocycles. The molecule has 0 unspecified atom stereocenters. The Morgan fingerprint density at radius 2 is 2.18 bits per heavy atom. The molecule has 4 heteroatoms. The first-order chi connectivity index (χ1) is 5.34. The van der Waals surface area contributed by atoms with Crippen LogP contribution in [0.3, 0.4) is 0 Å². The molecular formula is C7H14N2O2. The molecule has 0 aromatic rings. The Balaban J connectivity index is 2.17. The van der Waals surface area contributed by atoms with Crippen molar-refractivity contribution >= 4 is 6.03 Å². The van der Waals surface area contributed by atoms with Crippen molar-refractivity contribution in [2.45, 2.75) is 12.8 Å². The molecule has 2 amide bonds. The van der Waals surface area contributed by atoms with Crippen molar-refractivity contribution in [2.75, 3.05) is 26.9 Å². The molecule has 1 aliphatic heterocycles. The fraction of sp³-hybridized carbons (Fsp3) is 0.857. The zero-order valence-electron chi connectivity index (χ0n) is 6.80. The molecule has 0 bridgehead atoms.